The van der Waals surface area contributed by atoms with E-state index in [-0.39, 0.29) is 34.4 Å². The summed E-state index contributed by atoms with van der Waals surface area (Å²) in [6.45, 7) is 8.83. The largest absolute Gasteiger partial charge is 0.497 e. The molecule has 5 rings (SSSR count). The van der Waals surface area contributed by atoms with Crippen LogP contribution in [0.1, 0.15) is 33.2 Å². The van der Waals surface area contributed by atoms with Gasteiger partial charge in [0.05, 0.1) is 19.0 Å². The summed E-state index contributed by atoms with van der Waals surface area (Å²) in [6.07, 6.45) is -1.65. The van der Waals surface area contributed by atoms with Crippen LogP contribution >= 0.6 is 0 Å². The minimum atomic E-state index is -4.71. The number of ether oxygens (including phenoxy) is 1. The maximum Gasteiger partial charge on any atom is 0.433 e. The summed E-state index contributed by atoms with van der Waals surface area (Å²) >= 11 is 0. The summed E-state index contributed by atoms with van der Waals surface area (Å²) in [5.41, 5.74) is 0.689. The van der Waals surface area contributed by atoms with Crippen molar-refractivity contribution in [1.82, 2.24) is 29.3 Å². The Balaban J connectivity index is 1.43. The zero-order valence-electron chi connectivity index (χ0n) is 24.5. The molecule has 2 aromatic carbocycles. The number of nitrogens with zero attached hydrogens (tertiary/aromatic N) is 6. The summed E-state index contributed by atoms with van der Waals surface area (Å²) in [6, 6.07) is 17.0. The maximum absolute atomic E-state index is 14.3. The van der Waals surface area contributed by atoms with Crippen LogP contribution in [0.4, 0.5) is 13.2 Å². The van der Waals surface area contributed by atoms with Gasteiger partial charge in [-0.1, -0.05) is 36.4 Å². The van der Waals surface area contributed by atoms with Gasteiger partial charge in [-0.2, -0.15) is 18.3 Å². The molecule has 1 atom stereocenters. The highest BCUT2D eigenvalue weighted by Gasteiger charge is 2.39. The van der Waals surface area contributed by atoms with Crippen molar-refractivity contribution in [2.24, 2.45) is 0 Å². The third-order valence-corrected chi connectivity index (χ3v) is 7.90. The summed E-state index contributed by atoms with van der Waals surface area (Å²) in [5, 5.41) is 4.00. The monoisotopic (exact) mass is 592 g/mol. The number of carbonyl (C=O) groups excluding carboxylic acids is 1. The lowest BCUT2D eigenvalue weighted by Gasteiger charge is -2.40. The van der Waals surface area contributed by atoms with Crippen molar-refractivity contribution < 1.29 is 22.7 Å². The van der Waals surface area contributed by atoms with Gasteiger partial charge in [-0.25, -0.2) is 9.50 Å². The van der Waals surface area contributed by atoms with Gasteiger partial charge >= 0.3 is 6.18 Å². The smallest absolute Gasteiger partial charge is 0.433 e. The zero-order valence-corrected chi connectivity index (χ0v) is 24.5. The molecule has 0 radical (unpaired) electrons. The molecule has 3 heterocycles. The molecule has 1 amide bonds. The molecule has 8 nitrogen and oxygen atoms in total. The van der Waals surface area contributed by atoms with E-state index in [9.17, 15) is 18.0 Å². The number of benzene rings is 2. The molecule has 0 spiro atoms. The first-order valence-corrected chi connectivity index (χ1v) is 14.1. The lowest BCUT2D eigenvalue weighted by atomic mass is 10.0. The second-order valence-corrected chi connectivity index (χ2v) is 10.7. The number of hydrogen-bond donors (Lipinski definition) is 0. The minimum absolute atomic E-state index is 0.0408. The molecule has 0 N–H and O–H groups in total. The van der Waals surface area contributed by atoms with Crippen molar-refractivity contribution in [3.8, 4) is 17.0 Å². The fourth-order valence-corrected chi connectivity index (χ4v) is 5.69. The summed E-state index contributed by atoms with van der Waals surface area (Å²) in [5.74, 6) is 0.180. The van der Waals surface area contributed by atoms with E-state index in [1.165, 1.54) is 25.8 Å². The van der Waals surface area contributed by atoms with Crippen molar-refractivity contribution in [3.05, 3.63) is 95.8 Å². The number of likely N-dealkylation sites (N-methyl/N-ethyl adjacent to an activating group) is 1. The Morgan fingerprint density at radius 1 is 1.09 bits per heavy atom. The average molecular weight is 593 g/mol. The molecule has 43 heavy (non-hydrogen) atoms. The number of fused-ring (bicyclic) bond motifs is 1. The normalized spacial score (nSPS) is 15.2. The molecule has 0 unspecified atom stereocenters. The number of hydrogen-bond acceptors (Lipinski definition) is 6. The Bertz CT molecular complexity index is 1580. The topological polar surface area (TPSA) is 66.2 Å². The second kappa shape index (κ2) is 12.6. The van der Waals surface area contributed by atoms with Crippen LogP contribution in [0.5, 0.6) is 5.75 Å². The highest BCUT2D eigenvalue weighted by atomic mass is 19.4. The average Bonchev–Trinajstić information content (AvgIpc) is 3.42. The predicted molar refractivity (Wildman–Crippen MR) is 159 cm³/mol. The SMILES string of the molecule is C=CCN(C)C[C@H](c1ccccc1)N1CCN(C(=O)c2cnn3c(C(F)(F)F)c(C)c(-c4ccc(OC)cc4)nc23)CC1. The van der Waals surface area contributed by atoms with Gasteiger partial charge in [-0.15, -0.1) is 6.58 Å². The summed E-state index contributed by atoms with van der Waals surface area (Å²) in [4.78, 5) is 24.6. The Morgan fingerprint density at radius 3 is 2.37 bits per heavy atom. The quantitative estimate of drug-likeness (QED) is 0.244. The van der Waals surface area contributed by atoms with Gasteiger partial charge in [0.15, 0.2) is 11.3 Å². The van der Waals surface area contributed by atoms with E-state index in [2.05, 4.69) is 38.6 Å². The first kappa shape index (κ1) is 30.2. The number of carbonyl (C=O) groups is 1. The summed E-state index contributed by atoms with van der Waals surface area (Å²) < 4.78 is 48.9. The van der Waals surface area contributed by atoms with Crippen LogP contribution in [0.25, 0.3) is 16.9 Å². The Labute approximate surface area is 249 Å². The molecule has 1 fully saturated rings. The van der Waals surface area contributed by atoms with E-state index in [0.29, 0.717) is 37.5 Å². The molecule has 11 heteroatoms. The van der Waals surface area contributed by atoms with Crippen molar-refractivity contribution in [3.63, 3.8) is 0 Å². The molecular weight excluding hydrogens is 557 g/mol. The minimum Gasteiger partial charge on any atom is -0.497 e. The van der Waals surface area contributed by atoms with E-state index >= 15 is 0 Å². The third kappa shape index (κ3) is 6.28. The van der Waals surface area contributed by atoms with Gasteiger partial charge in [0.25, 0.3) is 5.91 Å². The number of halogens is 3. The highest BCUT2D eigenvalue weighted by molar-refractivity contribution is 6.00. The van der Waals surface area contributed by atoms with Gasteiger partial charge in [-0.3, -0.25) is 9.69 Å². The van der Waals surface area contributed by atoms with E-state index in [1.54, 1.807) is 29.2 Å². The fourth-order valence-electron chi connectivity index (χ4n) is 5.69. The van der Waals surface area contributed by atoms with Crippen molar-refractivity contribution >= 4 is 11.6 Å². The highest BCUT2D eigenvalue weighted by Crippen LogP contribution is 2.37. The Hall–Kier alpha value is -4.22. The van der Waals surface area contributed by atoms with Crippen LogP contribution < -0.4 is 4.74 Å². The molecule has 1 saturated heterocycles. The molecule has 2 aromatic heterocycles. The van der Waals surface area contributed by atoms with Gasteiger partial charge in [0.1, 0.15) is 11.3 Å². The molecule has 0 aliphatic carbocycles. The number of aromatic nitrogens is 3. The summed E-state index contributed by atoms with van der Waals surface area (Å²) in [7, 11) is 3.56. The lowest BCUT2D eigenvalue weighted by molar-refractivity contribution is -0.143. The van der Waals surface area contributed by atoms with Crippen molar-refractivity contribution in [2.45, 2.75) is 19.1 Å². The van der Waals surface area contributed by atoms with E-state index in [4.69, 9.17) is 4.74 Å². The second-order valence-electron chi connectivity index (χ2n) is 10.7. The lowest BCUT2D eigenvalue weighted by Crippen LogP contribution is -2.51. The van der Waals surface area contributed by atoms with Crippen molar-refractivity contribution in [2.75, 3.05) is 53.4 Å². The molecule has 1 aliphatic heterocycles. The number of amides is 1. The van der Waals surface area contributed by atoms with Crippen LogP contribution in [0.2, 0.25) is 0 Å². The molecule has 0 saturated carbocycles. The van der Waals surface area contributed by atoms with E-state index in [0.717, 1.165) is 17.6 Å². The molecule has 4 aromatic rings. The van der Waals surface area contributed by atoms with Crippen LogP contribution in [0.3, 0.4) is 0 Å². The molecular formula is C32H35F3N6O2. The van der Waals surface area contributed by atoms with Gasteiger partial charge < -0.3 is 14.5 Å². The first-order chi connectivity index (χ1) is 20.6. The fraction of sp³-hybridized carbons (Fsp3) is 0.344. The van der Waals surface area contributed by atoms with E-state index in [1.807, 2.05) is 31.3 Å². The predicted octanol–water partition coefficient (Wildman–Crippen LogP) is 5.35. The Kier molecular flexibility index (Phi) is 8.84. The van der Waals surface area contributed by atoms with Crippen LogP contribution in [-0.2, 0) is 6.18 Å². The third-order valence-electron chi connectivity index (χ3n) is 7.90. The molecule has 0 bridgehead atoms. The molecule has 226 valence electrons. The van der Waals surface area contributed by atoms with Gasteiger partial charge in [-0.05, 0) is 43.8 Å². The standard InChI is InChI=1S/C32H35F3N6O2/c1-5-15-38(3)21-27(23-9-7-6-8-10-23)39-16-18-40(19-17-39)31(42)26-20-36-41-29(32(33,34)35)22(2)28(37-30(26)41)24-11-13-25(43-4)14-12-24/h5-14,20,27H,1,15-19,21H2,2-4H3/t27-/m1/s1. The van der Waals surface area contributed by atoms with Crippen molar-refractivity contribution in [1.29, 1.82) is 0 Å². The van der Waals surface area contributed by atoms with Crippen LogP contribution in [0, 0.1) is 6.92 Å². The van der Waals surface area contributed by atoms with E-state index < -0.39 is 11.9 Å². The number of methoxy groups -OCH3 is 1. The number of piperazine rings is 1. The van der Waals surface area contributed by atoms with Crippen LogP contribution in [0.15, 0.2) is 73.4 Å². The van der Waals surface area contributed by atoms with Gasteiger partial charge in [0.2, 0.25) is 0 Å². The number of rotatable bonds is 9. The zero-order chi connectivity index (χ0) is 30.7. The number of alkyl halides is 3. The van der Waals surface area contributed by atoms with Gasteiger partial charge in [0, 0.05) is 56.4 Å². The maximum atomic E-state index is 14.3. The molecule has 1 aliphatic rings. The first-order valence-electron chi connectivity index (χ1n) is 14.1. The Morgan fingerprint density at radius 2 is 1.77 bits per heavy atom. The van der Waals surface area contributed by atoms with Crippen LogP contribution in [-0.4, -0.2) is 88.6 Å².